The third kappa shape index (κ3) is 7.43. The van der Waals surface area contributed by atoms with Crippen molar-refractivity contribution < 1.29 is 27.6 Å². The molecule has 3 rings (SSSR count). The Bertz CT molecular complexity index is 1250. The zero-order valence-corrected chi connectivity index (χ0v) is 21.0. The lowest BCUT2D eigenvalue weighted by Gasteiger charge is -2.29. The molecule has 186 valence electrons. The van der Waals surface area contributed by atoms with Crippen LogP contribution >= 0.6 is 11.3 Å². The van der Waals surface area contributed by atoms with Crippen molar-refractivity contribution in [2.24, 2.45) is 0 Å². The minimum absolute atomic E-state index is 0.0257. The number of rotatable bonds is 12. The number of ketones is 1. The normalized spacial score (nSPS) is 13.7. The first kappa shape index (κ1) is 26.5. The largest absolute Gasteiger partial charge is 0.390 e. The number of allylic oxidation sites excluding steroid dienone is 1. The summed E-state index contributed by atoms with van der Waals surface area (Å²) in [5.41, 5.74) is 0.843. The molecule has 3 aromatic rings. The van der Waals surface area contributed by atoms with Crippen LogP contribution in [0.2, 0.25) is 0 Å². The summed E-state index contributed by atoms with van der Waals surface area (Å²) < 4.78 is 33.0. The average Bonchev–Trinajstić information content (AvgIpc) is 3.49. The summed E-state index contributed by atoms with van der Waals surface area (Å²) in [4.78, 5) is 24.3. The number of amides is 1. The highest BCUT2D eigenvalue weighted by atomic mass is 32.2. The topological polar surface area (TPSA) is 130 Å². The van der Waals surface area contributed by atoms with E-state index in [4.69, 9.17) is 4.52 Å². The molecule has 2 aromatic heterocycles. The molecule has 0 aliphatic heterocycles. The van der Waals surface area contributed by atoms with Crippen LogP contribution in [0.15, 0.2) is 75.6 Å². The number of sulfonamides is 1. The van der Waals surface area contributed by atoms with Gasteiger partial charge in [-0.2, -0.15) is 4.31 Å². The van der Waals surface area contributed by atoms with Gasteiger partial charge in [0.05, 0.1) is 18.3 Å². The molecular weight excluding hydrogens is 490 g/mol. The molecule has 2 N–H and O–H groups in total. The Hall–Kier alpha value is -3.12. The summed E-state index contributed by atoms with van der Waals surface area (Å²) in [5, 5.41) is 19.3. The molecule has 2 heterocycles. The number of nitrogens with zero attached hydrogens (tertiary/aromatic N) is 2. The van der Waals surface area contributed by atoms with E-state index in [-0.39, 0.29) is 35.9 Å². The second-order valence-corrected chi connectivity index (χ2v) is 10.9. The highest BCUT2D eigenvalue weighted by Crippen LogP contribution is 2.24. The van der Waals surface area contributed by atoms with Gasteiger partial charge in [0.1, 0.15) is 4.90 Å². The molecule has 0 spiro atoms. The van der Waals surface area contributed by atoms with E-state index in [0.717, 1.165) is 33.1 Å². The van der Waals surface area contributed by atoms with Crippen molar-refractivity contribution in [2.75, 3.05) is 6.54 Å². The number of nitrogens with one attached hydrogen (secondary N) is 1. The molecule has 0 bridgehead atoms. The highest BCUT2D eigenvalue weighted by molar-refractivity contribution is 7.89. The molecule has 1 amide bonds. The van der Waals surface area contributed by atoms with Crippen LogP contribution in [0.3, 0.4) is 0 Å². The van der Waals surface area contributed by atoms with E-state index in [1.165, 1.54) is 25.2 Å². The molecule has 0 saturated carbocycles. The van der Waals surface area contributed by atoms with Crippen LogP contribution in [0.25, 0.3) is 0 Å². The minimum atomic E-state index is -4.06. The first-order valence-corrected chi connectivity index (χ1v) is 13.1. The lowest BCUT2D eigenvalue weighted by atomic mass is 10.0. The number of carbonyl (C=O) groups excluding carboxylic acids is 2. The second kappa shape index (κ2) is 12.0. The average molecular weight is 518 g/mol. The summed E-state index contributed by atoms with van der Waals surface area (Å²) in [7, 11) is -4.06. The Kier molecular flexibility index (Phi) is 9.10. The van der Waals surface area contributed by atoms with E-state index in [1.54, 1.807) is 6.07 Å². The molecule has 0 radical (unpaired) electrons. The molecular formula is C24H27N3O6S2. The summed E-state index contributed by atoms with van der Waals surface area (Å²) in [6.07, 6.45) is 2.34. The minimum Gasteiger partial charge on any atom is -0.390 e. The van der Waals surface area contributed by atoms with Gasteiger partial charge in [0.15, 0.2) is 11.5 Å². The van der Waals surface area contributed by atoms with Gasteiger partial charge in [0.25, 0.3) is 0 Å². The number of aliphatic hydroxyl groups excluding tert-OH is 1. The van der Waals surface area contributed by atoms with Crippen molar-refractivity contribution in [3.05, 3.63) is 82.4 Å². The Balaban J connectivity index is 1.88. The molecule has 0 aliphatic rings. The summed E-state index contributed by atoms with van der Waals surface area (Å²) in [5.74, 6) is -0.723. The fourth-order valence-corrected chi connectivity index (χ4v) is 5.73. The summed E-state index contributed by atoms with van der Waals surface area (Å²) in [6, 6.07) is 12.0. The van der Waals surface area contributed by atoms with Gasteiger partial charge in [0.2, 0.25) is 15.9 Å². The van der Waals surface area contributed by atoms with Gasteiger partial charge in [-0.25, -0.2) is 8.42 Å². The van der Waals surface area contributed by atoms with Crippen LogP contribution in [0.5, 0.6) is 0 Å². The second-order valence-electron chi connectivity index (χ2n) is 7.94. The molecule has 9 nitrogen and oxygen atoms in total. The fraction of sp³-hybridized carbons (Fsp3) is 0.292. The fourth-order valence-electron chi connectivity index (χ4n) is 3.41. The predicted molar refractivity (Wildman–Crippen MR) is 131 cm³/mol. The van der Waals surface area contributed by atoms with Crippen molar-refractivity contribution in [1.82, 2.24) is 14.8 Å². The highest BCUT2D eigenvalue weighted by Gasteiger charge is 2.33. The Labute approximate surface area is 208 Å². The maximum Gasteiger partial charge on any atom is 0.248 e. The quantitative estimate of drug-likeness (QED) is 0.353. The number of thiophene rings is 1. The maximum absolute atomic E-state index is 13.4. The molecule has 0 fully saturated rings. The number of hydrogen-bond donors (Lipinski definition) is 2. The zero-order valence-electron chi connectivity index (χ0n) is 19.3. The van der Waals surface area contributed by atoms with Crippen LogP contribution < -0.4 is 5.32 Å². The number of aryl methyl sites for hydroxylation is 1. The van der Waals surface area contributed by atoms with Gasteiger partial charge >= 0.3 is 0 Å². The van der Waals surface area contributed by atoms with Crippen molar-refractivity contribution in [1.29, 1.82) is 0 Å². The van der Waals surface area contributed by atoms with E-state index in [1.807, 2.05) is 41.8 Å². The molecule has 0 unspecified atom stereocenters. The van der Waals surface area contributed by atoms with Gasteiger partial charge < -0.3 is 14.9 Å². The molecule has 2 atom stereocenters. The standard InChI is InChI=1S/C24H27N3O6S2/c1-17(28)10-11-24(30)26-21(13-19-7-4-3-5-8-19)22(29)16-27(15-20-9-6-12-34-20)35(31,32)23-14-25-33-18(23)2/h3-12,14,21-22,29H,13,15-16H2,1-2H3,(H,26,30)/b11-10+/t21-,22+/m0/s1. The number of benzene rings is 1. The van der Waals surface area contributed by atoms with Gasteiger partial charge in [0, 0.05) is 24.0 Å². The molecule has 35 heavy (non-hydrogen) atoms. The van der Waals surface area contributed by atoms with E-state index >= 15 is 0 Å². The number of aromatic nitrogens is 1. The first-order chi connectivity index (χ1) is 16.7. The predicted octanol–water partition coefficient (Wildman–Crippen LogP) is 2.47. The molecule has 1 aromatic carbocycles. The van der Waals surface area contributed by atoms with Crippen molar-refractivity contribution in [3.8, 4) is 0 Å². The van der Waals surface area contributed by atoms with Gasteiger partial charge in [-0.05, 0) is 43.4 Å². The lowest BCUT2D eigenvalue weighted by Crippen LogP contribution is -2.50. The smallest absolute Gasteiger partial charge is 0.248 e. The SMILES string of the molecule is CC(=O)/C=C/C(=O)N[C@@H](Cc1ccccc1)[C@H](O)CN(Cc1cccs1)S(=O)(=O)c1cnoc1C. The third-order valence-electron chi connectivity index (χ3n) is 5.19. The van der Waals surface area contributed by atoms with E-state index in [2.05, 4.69) is 10.5 Å². The van der Waals surface area contributed by atoms with E-state index < -0.39 is 28.1 Å². The number of carbonyl (C=O) groups is 2. The lowest BCUT2D eigenvalue weighted by molar-refractivity contribution is -0.118. The van der Waals surface area contributed by atoms with Crippen LogP contribution in [0.1, 0.15) is 23.1 Å². The Morgan fingerprint density at radius 3 is 2.54 bits per heavy atom. The zero-order chi connectivity index (χ0) is 25.4. The van der Waals surface area contributed by atoms with Gasteiger partial charge in [-0.1, -0.05) is 41.6 Å². The Morgan fingerprint density at radius 2 is 1.94 bits per heavy atom. The summed E-state index contributed by atoms with van der Waals surface area (Å²) in [6.45, 7) is 2.55. The molecule has 0 aliphatic carbocycles. The van der Waals surface area contributed by atoms with Crippen LogP contribution in [-0.2, 0) is 32.6 Å². The molecule has 0 saturated heterocycles. The van der Waals surface area contributed by atoms with Crippen LogP contribution in [0, 0.1) is 6.92 Å². The Morgan fingerprint density at radius 1 is 1.20 bits per heavy atom. The van der Waals surface area contributed by atoms with Gasteiger partial charge in [-0.15, -0.1) is 11.3 Å². The first-order valence-electron chi connectivity index (χ1n) is 10.8. The number of aliphatic hydroxyl groups is 1. The van der Waals surface area contributed by atoms with Crippen LogP contribution in [-0.4, -0.2) is 53.4 Å². The van der Waals surface area contributed by atoms with Crippen molar-refractivity contribution in [3.63, 3.8) is 0 Å². The summed E-state index contributed by atoms with van der Waals surface area (Å²) >= 11 is 1.39. The van der Waals surface area contributed by atoms with Crippen LogP contribution in [0.4, 0.5) is 0 Å². The van der Waals surface area contributed by atoms with E-state index in [9.17, 15) is 23.1 Å². The molecule has 11 heteroatoms. The van der Waals surface area contributed by atoms with Gasteiger partial charge in [-0.3, -0.25) is 9.59 Å². The third-order valence-corrected chi connectivity index (χ3v) is 7.96. The monoisotopic (exact) mass is 517 g/mol. The van der Waals surface area contributed by atoms with Crippen molar-refractivity contribution in [2.45, 2.75) is 43.9 Å². The van der Waals surface area contributed by atoms with Crippen molar-refractivity contribution >= 4 is 33.1 Å². The maximum atomic E-state index is 13.4. The number of hydrogen-bond acceptors (Lipinski definition) is 8. The van der Waals surface area contributed by atoms with E-state index in [0.29, 0.717) is 0 Å².